The summed E-state index contributed by atoms with van der Waals surface area (Å²) in [6.07, 6.45) is -1.34. The first-order valence-electron chi connectivity index (χ1n) is 18.2. The van der Waals surface area contributed by atoms with E-state index in [1.807, 2.05) is 72.7 Å². The molecule has 3 aromatic rings. The predicted octanol–water partition coefficient (Wildman–Crippen LogP) is 8.69. The lowest BCUT2D eigenvalue weighted by molar-refractivity contribution is -0.124. The van der Waals surface area contributed by atoms with Gasteiger partial charge in [0.15, 0.2) is 6.29 Å². The zero-order valence-corrected chi connectivity index (χ0v) is 32.8. The van der Waals surface area contributed by atoms with E-state index in [2.05, 4.69) is 5.32 Å². The zero-order chi connectivity index (χ0) is 38.4. The summed E-state index contributed by atoms with van der Waals surface area (Å²) in [5, 5.41) is 3.02. The second kappa shape index (κ2) is 19.7. The van der Waals surface area contributed by atoms with Gasteiger partial charge in [0.25, 0.3) is 0 Å². The van der Waals surface area contributed by atoms with Gasteiger partial charge in [0.1, 0.15) is 29.0 Å². The van der Waals surface area contributed by atoms with Crippen LogP contribution in [0.3, 0.4) is 0 Å². The van der Waals surface area contributed by atoms with Crippen LogP contribution in [0.5, 0.6) is 17.2 Å². The highest BCUT2D eigenvalue weighted by Crippen LogP contribution is 2.48. The fraction of sp³-hybridized carbons (Fsp3) is 0.500. The van der Waals surface area contributed by atoms with E-state index in [-0.39, 0.29) is 24.8 Å². The van der Waals surface area contributed by atoms with Gasteiger partial charge in [-0.05, 0) is 88.4 Å². The monoisotopic (exact) mass is 754 g/mol. The molecule has 0 unspecified atom stereocenters. The molecule has 4 rings (SSSR count). The summed E-state index contributed by atoms with van der Waals surface area (Å²) in [4.78, 5) is 28.1. The number of benzene rings is 3. The summed E-state index contributed by atoms with van der Waals surface area (Å²) in [5.41, 5.74) is 0.250. The van der Waals surface area contributed by atoms with Crippen LogP contribution in [-0.4, -0.2) is 73.8 Å². The number of nitrogens with zero attached hydrogens (tertiary/aromatic N) is 1. The summed E-state index contributed by atoms with van der Waals surface area (Å²) in [6.45, 7) is 15.0. The molecule has 3 aromatic carbocycles. The van der Waals surface area contributed by atoms with E-state index >= 15 is 0 Å². The van der Waals surface area contributed by atoms with Crippen molar-refractivity contribution in [2.24, 2.45) is 11.8 Å². The van der Waals surface area contributed by atoms with E-state index in [4.69, 9.17) is 32.7 Å². The van der Waals surface area contributed by atoms with Gasteiger partial charge in [-0.3, -0.25) is 0 Å². The van der Waals surface area contributed by atoms with E-state index in [0.717, 1.165) is 5.56 Å². The molecule has 1 fully saturated rings. The maximum Gasteiger partial charge on any atom is 0.468 e. The van der Waals surface area contributed by atoms with Gasteiger partial charge in [0.05, 0.1) is 6.61 Å². The highest BCUT2D eigenvalue weighted by Gasteiger charge is 2.37. The van der Waals surface area contributed by atoms with Gasteiger partial charge >= 0.3 is 19.8 Å². The summed E-state index contributed by atoms with van der Waals surface area (Å²) in [6, 6.07) is 24.5. The molecule has 0 radical (unpaired) electrons. The van der Waals surface area contributed by atoms with Gasteiger partial charge in [0.2, 0.25) is 6.35 Å². The SMILES string of the molecule is CCO[C@@H]1OC[C@H](OC(=O)N[C@H](CCN(CC(C)C)C(=O)OC(C)(C)C)Cc2ccc(OCP(=O)(Oc3ccccc3)Oc3ccccc3)cc2)[C@@H]1C. The average molecular weight is 755 g/mol. The molecule has 0 spiro atoms. The first kappa shape index (κ1) is 41.5. The van der Waals surface area contributed by atoms with Gasteiger partial charge in [-0.25, -0.2) is 14.2 Å². The van der Waals surface area contributed by atoms with Gasteiger partial charge in [-0.1, -0.05) is 69.3 Å². The number of rotatable bonds is 18. The molecule has 290 valence electrons. The normalized spacial score (nSPS) is 17.8. The molecule has 0 saturated carbocycles. The zero-order valence-electron chi connectivity index (χ0n) is 31.9. The molecule has 12 nitrogen and oxygen atoms in total. The topological polar surface area (TPSA) is 131 Å². The van der Waals surface area contributed by atoms with Crippen LogP contribution in [0.15, 0.2) is 84.9 Å². The van der Waals surface area contributed by atoms with Crippen molar-refractivity contribution in [2.75, 3.05) is 32.7 Å². The third kappa shape index (κ3) is 14.2. The Bertz CT molecular complexity index is 1560. The van der Waals surface area contributed by atoms with Gasteiger partial charge in [-0.15, -0.1) is 0 Å². The fourth-order valence-corrected chi connectivity index (χ4v) is 6.92. The van der Waals surface area contributed by atoms with Crippen LogP contribution < -0.4 is 19.1 Å². The standard InChI is InChI=1S/C40H55N2O10P/c1-8-46-37-30(4)36(27-47-37)49-38(43)41-32(23-24-42(26-29(2)3)39(44)50-40(5,6)7)25-31-19-21-33(22-20-31)48-28-53(45,51-34-15-11-9-12-16-34)52-35-17-13-10-14-18-35/h9-22,29-30,32,36-37H,8,23-28H2,1-7H3,(H,41,43)/t30-,32+,36-,37+/m0/s1. The maximum atomic E-state index is 13.9. The predicted molar refractivity (Wildman–Crippen MR) is 202 cm³/mol. The number of carbonyl (C=O) groups is 2. The number of nitrogens with one attached hydrogen (secondary N) is 1. The van der Waals surface area contributed by atoms with Crippen molar-refractivity contribution < 1.29 is 46.9 Å². The van der Waals surface area contributed by atoms with E-state index in [1.165, 1.54) is 0 Å². The Morgan fingerprint density at radius 3 is 2.08 bits per heavy atom. The van der Waals surface area contributed by atoms with Gasteiger partial charge in [0, 0.05) is 31.7 Å². The lowest BCUT2D eigenvalue weighted by Gasteiger charge is -2.30. The molecule has 0 aliphatic carbocycles. The van der Waals surface area contributed by atoms with Crippen molar-refractivity contribution >= 4 is 19.8 Å². The van der Waals surface area contributed by atoms with E-state index < -0.39 is 43.8 Å². The first-order chi connectivity index (χ1) is 25.2. The molecule has 2 amide bonds. The summed E-state index contributed by atoms with van der Waals surface area (Å²) < 4.78 is 54.3. The molecular formula is C40H55N2O10P. The molecular weight excluding hydrogens is 699 g/mol. The summed E-state index contributed by atoms with van der Waals surface area (Å²) >= 11 is 0. The number of ether oxygens (including phenoxy) is 5. The van der Waals surface area contributed by atoms with Crippen LogP contribution >= 0.6 is 7.60 Å². The molecule has 4 atom stereocenters. The summed E-state index contributed by atoms with van der Waals surface area (Å²) in [5.74, 6) is 1.32. The minimum atomic E-state index is -3.80. The van der Waals surface area contributed by atoms with E-state index in [0.29, 0.717) is 49.8 Å². The fourth-order valence-electron chi connectivity index (χ4n) is 5.59. The number of amides is 2. The number of para-hydroxylation sites is 2. The minimum Gasteiger partial charge on any atom is -0.479 e. The Labute approximate surface area is 313 Å². The first-order valence-corrected chi connectivity index (χ1v) is 19.9. The van der Waals surface area contributed by atoms with E-state index in [1.54, 1.807) is 65.6 Å². The van der Waals surface area contributed by atoms with Crippen LogP contribution in [0.4, 0.5) is 9.59 Å². The van der Waals surface area contributed by atoms with Gasteiger partial charge < -0.3 is 42.9 Å². The highest BCUT2D eigenvalue weighted by molar-refractivity contribution is 7.54. The van der Waals surface area contributed by atoms with Crippen molar-refractivity contribution in [3.63, 3.8) is 0 Å². The van der Waals surface area contributed by atoms with Crippen molar-refractivity contribution in [2.45, 2.75) is 85.3 Å². The summed E-state index contributed by atoms with van der Waals surface area (Å²) in [7, 11) is -3.80. The quantitative estimate of drug-likeness (QED) is 0.126. The number of hydrogen-bond acceptors (Lipinski definition) is 10. The van der Waals surface area contributed by atoms with E-state index in [9.17, 15) is 14.2 Å². The molecule has 1 saturated heterocycles. The maximum absolute atomic E-state index is 13.9. The molecule has 1 aliphatic heterocycles. The van der Waals surface area contributed by atoms with Crippen molar-refractivity contribution in [3.8, 4) is 17.2 Å². The Morgan fingerprint density at radius 1 is 0.925 bits per heavy atom. The van der Waals surface area contributed by atoms with Crippen molar-refractivity contribution in [1.82, 2.24) is 10.2 Å². The Kier molecular flexibility index (Phi) is 15.4. The van der Waals surface area contributed by atoms with Crippen LogP contribution in [-0.2, 0) is 29.9 Å². The third-order valence-corrected chi connectivity index (χ3v) is 9.53. The molecule has 1 aliphatic rings. The molecule has 1 N–H and O–H groups in total. The molecule has 53 heavy (non-hydrogen) atoms. The lowest BCUT2D eigenvalue weighted by Crippen LogP contribution is -2.44. The molecule has 13 heteroatoms. The largest absolute Gasteiger partial charge is 0.479 e. The number of hydrogen-bond donors (Lipinski definition) is 1. The number of alkyl carbamates (subject to hydrolysis) is 1. The Balaban J connectivity index is 1.45. The third-order valence-electron chi connectivity index (χ3n) is 8.11. The molecule has 0 bridgehead atoms. The Morgan fingerprint density at radius 2 is 1.53 bits per heavy atom. The Hall–Kier alpha value is -4.25. The second-order valence-electron chi connectivity index (χ2n) is 14.5. The minimum absolute atomic E-state index is 0.133. The second-order valence-corrected chi connectivity index (χ2v) is 16.3. The van der Waals surface area contributed by atoms with Crippen LogP contribution in [0.1, 0.15) is 60.5 Å². The van der Waals surface area contributed by atoms with Crippen LogP contribution in [0, 0.1) is 11.8 Å². The van der Waals surface area contributed by atoms with Crippen LogP contribution in [0.25, 0.3) is 0 Å². The van der Waals surface area contributed by atoms with Crippen LogP contribution in [0.2, 0.25) is 0 Å². The smallest absolute Gasteiger partial charge is 0.468 e. The lowest BCUT2D eigenvalue weighted by atomic mass is 10.0. The highest BCUT2D eigenvalue weighted by atomic mass is 31.2. The van der Waals surface area contributed by atoms with Crippen molar-refractivity contribution in [3.05, 3.63) is 90.5 Å². The average Bonchev–Trinajstić information content (AvgIpc) is 3.43. The molecule has 1 heterocycles. The van der Waals surface area contributed by atoms with Gasteiger partial charge in [-0.2, -0.15) is 0 Å². The van der Waals surface area contributed by atoms with Crippen molar-refractivity contribution in [1.29, 1.82) is 0 Å². The number of carbonyl (C=O) groups excluding carboxylic acids is 2. The molecule has 0 aromatic heterocycles.